The number of esters is 1. The minimum atomic E-state index is -0.412. The Hall–Kier alpha value is -3.26. The summed E-state index contributed by atoms with van der Waals surface area (Å²) in [5.74, 6) is 0.0715. The Morgan fingerprint density at radius 2 is 1.84 bits per heavy atom. The number of hydrogen-bond donors (Lipinski definition) is 0. The molecule has 1 fully saturated rings. The third-order valence-electron chi connectivity index (χ3n) is 5.37. The molecule has 37 heavy (non-hydrogen) atoms. The number of likely N-dealkylation sites (N-methyl/N-ethyl adjacent to an activating group) is 1. The first-order chi connectivity index (χ1) is 17.9. The summed E-state index contributed by atoms with van der Waals surface area (Å²) in [4.78, 5) is 32.0. The molecule has 4 rings (SSSR count). The van der Waals surface area contributed by atoms with Crippen molar-refractivity contribution in [2.75, 3.05) is 13.2 Å². The van der Waals surface area contributed by atoms with Gasteiger partial charge in [-0.2, -0.15) is 0 Å². The fraction of sp³-hybridized carbons (Fsp3) is 0.179. The van der Waals surface area contributed by atoms with Gasteiger partial charge in [0.2, 0.25) is 0 Å². The van der Waals surface area contributed by atoms with E-state index in [1.165, 1.54) is 11.8 Å². The molecule has 3 aromatic carbocycles. The van der Waals surface area contributed by atoms with Gasteiger partial charge in [-0.3, -0.25) is 9.69 Å². The van der Waals surface area contributed by atoms with Crippen molar-refractivity contribution in [2.45, 2.75) is 20.5 Å². The summed E-state index contributed by atoms with van der Waals surface area (Å²) in [7, 11) is 0. The predicted octanol–water partition coefficient (Wildman–Crippen LogP) is 7.37. The van der Waals surface area contributed by atoms with Gasteiger partial charge in [-0.1, -0.05) is 53.5 Å². The van der Waals surface area contributed by atoms with E-state index in [4.69, 9.17) is 32.7 Å². The summed E-state index contributed by atoms with van der Waals surface area (Å²) in [5.41, 5.74) is 2.61. The summed E-state index contributed by atoms with van der Waals surface area (Å²) < 4.78 is 11.1. The molecule has 0 spiro atoms. The van der Waals surface area contributed by atoms with Crippen LogP contribution in [0.3, 0.4) is 0 Å². The lowest BCUT2D eigenvalue weighted by Crippen LogP contribution is -2.28. The molecule has 9 heteroatoms. The standard InChI is InChI=1S/C28H24Cl2N2O4S/c1-3-32-26(33)25(37-28(32)31-21-10-7-9-20(15-21)27(34)35-4-2)16-19-8-5-6-11-24(19)36-17-18-12-13-22(29)23(30)14-18/h5-16H,3-4,17H2,1-2H3. The number of amidine groups is 1. The van der Waals surface area contributed by atoms with Gasteiger partial charge >= 0.3 is 5.97 Å². The Kier molecular flexibility index (Phi) is 8.92. The molecule has 190 valence electrons. The van der Waals surface area contributed by atoms with Crippen molar-refractivity contribution in [2.24, 2.45) is 4.99 Å². The van der Waals surface area contributed by atoms with Gasteiger partial charge in [-0.15, -0.1) is 0 Å². The molecule has 0 atom stereocenters. The van der Waals surface area contributed by atoms with Gasteiger partial charge in [-0.25, -0.2) is 9.79 Å². The maximum atomic E-state index is 13.2. The lowest BCUT2D eigenvalue weighted by molar-refractivity contribution is -0.122. The van der Waals surface area contributed by atoms with E-state index < -0.39 is 5.97 Å². The van der Waals surface area contributed by atoms with Crippen LogP contribution >= 0.6 is 35.0 Å². The molecule has 1 amide bonds. The first kappa shape index (κ1) is 26.8. The minimum absolute atomic E-state index is 0.146. The van der Waals surface area contributed by atoms with Gasteiger partial charge in [-0.05, 0) is 73.6 Å². The molecule has 0 N–H and O–H groups in total. The van der Waals surface area contributed by atoms with Gasteiger partial charge in [0.1, 0.15) is 12.4 Å². The largest absolute Gasteiger partial charge is 0.488 e. The molecular weight excluding hydrogens is 531 g/mol. The average Bonchev–Trinajstić information content (AvgIpc) is 3.19. The highest BCUT2D eigenvalue weighted by molar-refractivity contribution is 8.18. The van der Waals surface area contributed by atoms with E-state index in [1.807, 2.05) is 37.3 Å². The first-order valence-electron chi connectivity index (χ1n) is 11.6. The van der Waals surface area contributed by atoms with Crippen LogP contribution in [0.4, 0.5) is 5.69 Å². The Balaban J connectivity index is 1.57. The number of rotatable bonds is 8. The number of ether oxygens (including phenoxy) is 2. The molecule has 0 aliphatic carbocycles. The minimum Gasteiger partial charge on any atom is -0.488 e. The van der Waals surface area contributed by atoms with E-state index >= 15 is 0 Å². The smallest absolute Gasteiger partial charge is 0.338 e. The van der Waals surface area contributed by atoms with Crippen LogP contribution in [0.2, 0.25) is 10.0 Å². The molecule has 1 aliphatic heterocycles. The topological polar surface area (TPSA) is 68.2 Å². The van der Waals surface area contributed by atoms with Crippen LogP contribution in [-0.4, -0.2) is 35.1 Å². The van der Waals surface area contributed by atoms with Crippen LogP contribution in [-0.2, 0) is 16.1 Å². The normalized spacial score (nSPS) is 15.5. The maximum absolute atomic E-state index is 13.2. The number of halogens is 2. The van der Waals surface area contributed by atoms with Crippen LogP contribution in [0.15, 0.2) is 76.6 Å². The zero-order valence-corrected chi connectivity index (χ0v) is 22.6. The fourth-order valence-corrected chi connectivity index (χ4v) is 4.93. The summed E-state index contributed by atoms with van der Waals surface area (Å²) >= 11 is 13.4. The zero-order valence-electron chi connectivity index (χ0n) is 20.2. The van der Waals surface area contributed by atoms with Crippen LogP contribution < -0.4 is 4.74 Å². The van der Waals surface area contributed by atoms with Crippen molar-refractivity contribution in [3.05, 3.63) is 98.4 Å². The second-order valence-corrected chi connectivity index (χ2v) is 9.72. The molecule has 6 nitrogen and oxygen atoms in total. The summed E-state index contributed by atoms with van der Waals surface area (Å²) in [6.07, 6.45) is 1.80. The van der Waals surface area contributed by atoms with Crippen molar-refractivity contribution in [3.63, 3.8) is 0 Å². The second kappa shape index (κ2) is 12.3. The molecule has 0 saturated carbocycles. The number of aliphatic imine (C=N–C) groups is 1. The number of thioether (sulfide) groups is 1. The molecule has 3 aromatic rings. The lowest BCUT2D eigenvalue weighted by Gasteiger charge is -2.12. The molecule has 1 aliphatic rings. The van der Waals surface area contributed by atoms with Crippen LogP contribution in [0.1, 0.15) is 35.3 Å². The number of benzene rings is 3. The fourth-order valence-electron chi connectivity index (χ4n) is 3.56. The molecular formula is C28H24Cl2N2O4S. The Morgan fingerprint density at radius 3 is 2.59 bits per heavy atom. The molecule has 0 radical (unpaired) electrons. The monoisotopic (exact) mass is 554 g/mol. The van der Waals surface area contributed by atoms with Crippen molar-refractivity contribution in [1.82, 2.24) is 4.90 Å². The van der Waals surface area contributed by atoms with Crippen molar-refractivity contribution in [1.29, 1.82) is 0 Å². The van der Waals surface area contributed by atoms with Crippen molar-refractivity contribution < 1.29 is 19.1 Å². The third kappa shape index (κ3) is 6.55. The number of nitrogens with zero attached hydrogens (tertiary/aromatic N) is 2. The first-order valence-corrected chi connectivity index (χ1v) is 13.2. The highest BCUT2D eigenvalue weighted by Crippen LogP contribution is 2.36. The number of hydrogen-bond acceptors (Lipinski definition) is 6. The summed E-state index contributed by atoms with van der Waals surface area (Å²) in [6.45, 7) is 4.68. The number of carbonyl (C=O) groups excluding carboxylic acids is 2. The van der Waals surface area contributed by atoms with Crippen molar-refractivity contribution in [3.8, 4) is 5.75 Å². The summed E-state index contributed by atoms with van der Waals surface area (Å²) in [5, 5.41) is 1.48. The van der Waals surface area contributed by atoms with Gasteiger partial charge in [0.15, 0.2) is 5.17 Å². The second-order valence-electron chi connectivity index (χ2n) is 7.90. The van der Waals surface area contributed by atoms with E-state index in [9.17, 15) is 9.59 Å². The van der Waals surface area contributed by atoms with Crippen LogP contribution in [0.25, 0.3) is 6.08 Å². The SMILES string of the molecule is CCOC(=O)c1cccc(N=C2SC(=Cc3ccccc3OCc3ccc(Cl)c(Cl)c3)C(=O)N2CC)c1. The van der Waals surface area contributed by atoms with Gasteiger partial charge in [0.25, 0.3) is 5.91 Å². The Labute approximate surface area is 229 Å². The molecule has 0 aromatic heterocycles. The van der Waals surface area contributed by atoms with E-state index in [1.54, 1.807) is 54.3 Å². The maximum Gasteiger partial charge on any atom is 0.338 e. The molecule has 0 unspecified atom stereocenters. The predicted molar refractivity (Wildman–Crippen MR) is 150 cm³/mol. The van der Waals surface area contributed by atoms with Crippen LogP contribution in [0.5, 0.6) is 5.75 Å². The molecule has 0 bridgehead atoms. The average molecular weight is 555 g/mol. The van der Waals surface area contributed by atoms with E-state index in [2.05, 4.69) is 4.99 Å². The lowest BCUT2D eigenvalue weighted by atomic mass is 10.1. The number of carbonyl (C=O) groups is 2. The van der Waals surface area contributed by atoms with E-state index in [0.29, 0.717) is 56.9 Å². The zero-order chi connectivity index (χ0) is 26.4. The van der Waals surface area contributed by atoms with E-state index in [-0.39, 0.29) is 5.91 Å². The molecule has 1 saturated heterocycles. The van der Waals surface area contributed by atoms with E-state index in [0.717, 1.165) is 11.1 Å². The Bertz CT molecular complexity index is 1390. The quantitative estimate of drug-likeness (QED) is 0.214. The molecule has 1 heterocycles. The highest BCUT2D eigenvalue weighted by atomic mass is 35.5. The number of para-hydroxylation sites is 1. The van der Waals surface area contributed by atoms with Crippen molar-refractivity contribution >= 4 is 63.8 Å². The number of amides is 1. The summed E-state index contributed by atoms with van der Waals surface area (Å²) in [6, 6.07) is 19.7. The Morgan fingerprint density at radius 1 is 1.03 bits per heavy atom. The third-order valence-corrected chi connectivity index (χ3v) is 7.12. The highest BCUT2D eigenvalue weighted by Gasteiger charge is 2.32. The van der Waals surface area contributed by atoms with Gasteiger partial charge in [0.05, 0.1) is 32.8 Å². The van der Waals surface area contributed by atoms with Gasteiger partial charge < -0.3 is 9.47 Å². The van der Waals surface area contributed by atoms with Gasteiger partial charge in [0, 0.05) is 12.1 Å². The van der Waals surface area contributed by atoms with Crippen LogP contribution in [0, 0.1) is 0 Å².